The summed E-state index contributed by atoms with van der Waals surface area (Å²) >= 11 is 6.67. The molecule has 0 saturated carbocycles. The number of aromatic nitrogens is 3. The molecule has 9 heteroatoms. The molecule has 0 spiro atoms. The number of fused-ring (bicyclic) bond motifs is 4. The number of carbonyl (C=O) groups excluding carboxylic acids is 1. The first-order valence-electron chi connectivity index (χ1n) is 15.0. The Bertz CT molecular complexity index is 1730. The number of benzene rings is 2. The van der Waals surface area contributed by atoms with E-state index in [2.05, 4.69) is 40.6 Å². The van der Waals surface area contributed by atoms with Gasteiger partial charge >= 0.3 is 6.01 Å². The Balaban J connectivity index is 1.20. The van der Waals surface area contributed by atoms with E-state index in [4.69, 9.17) is 31.3 Å². The highest BCUT2D eigenvalue weighted by Crippen LogP contribution is 2.42. The summed E-state index contributed by atoms with van der Waals surface area (Å²) < 4.78 is 6.46. The zero-order chi connectivity index (χ0) is 28.4. The zero-order valence-corrected chi connectivity index (χ0v) is 24.3. The van der Waals surface area contributed by atoms with Crippen LogP contribution in [0.4, 0.5) is 5.82 Å². The van der Waals surface area contributed by atoms with Gasteiger partial charge in [0, 0.05) is 29.1 Å². The van der Waals surface area contributed by atoms with Gasteiger partial charge in [-0.3, -0.25) is 9.69 Å². The first kappa shape index (κ1) is 25.9. The molecule has 2 unspecified atom stereocenters. The van der Waals surface area contributed by atoms with E-state index in [1.807, 2.05) is 29.2 Å². The van der Waals surface area contributed by atoms with E-state index in [9.17, 15) is 4.79 Å². The SMILES string of the molecule is C=CC(=O)N1CCC2C1CN2c1nc(OCC23CCCN2CCC3)nc2nc(-c3cccc4cccc(Cl)c34)ccc12. The van der Waals surface area contributed by atoms with Crippen molar-refractivity contribution in [3.63, 3.8) is 0 Å². The summed E-state index contributed by atoms with van der Waals surface area (Å²) in [5.41, 5.74) is 2.46. The van der Waals surface area contributed by atoms with Gasteiger partial charge in [0.1, 0.15) is 12.4 Å². The first-order valence-corrected chi connectivity index (χ1v) is 15.4. The third kappa shape index (κ3) is 3.99. The van der Waals surface area contributed by atoms with Crippen molar-refractivity contribution in [1.29, 1.82) is 0 Å². The maximum Gasteiger partial charge on any atom is 0.320 e. The van der Waals surface area contributed by atoms with Crippen LogP contribution in [0.1, 0.15) is 32.1 Å². The number of hydrogen-bond acceptors (Lipinski definition) is 7. The minimum absolute atomic E-state index is 0.00397. The van der Waals surface area contributed by atoms with Crippen LogP contribution in [0.3, 0.4) is 0 Å². The van der Waals surface area contributed by atoms with Gasteiger partial charge in [-0.25, -0.2) is 4.98 Å². The van der Waals surface area contributed by atoms with Crippen LogP contribution in [-0.4, -0.2) is 81.1 Å². The highest BCUT2D eigenvalue weighted by atomic mass is 35.5. The van der Waals surface area contributed by atoms with Crippen molar-refractivity contribution in [2.45, 2.75) is 49.7 Å². The number of hydrogen-bond donors (Lipinski definition) is 0. The lowest BCUT2D eigenvalue weighted by atomic mass is 9.95. The summed E-state index contributed by atoms with van der Waals surface area (Å²) in [6, 6.07) is 16.9. The molecule has 2 atom stereocenters. The van der Waals surface area contributed by atoms with Crippen molar-refractivity contribution < 1.29 is 9.53 Å². The fourth-order valence-electron chi connectivity index (χ4n) is 7.83. The molecule has 4 aliphatic heterocycles. The summed E-state index contributed by atoms with van der Waals surface area (Å²) in [6.07, 6.45) is 7.03. The minimum Gasteiger partial charge on any atom is -0.461 e. The van der Waals surface area contributed by atoms with Crippen LogP contribution in [0.5, 0.6) is 6.01 Å². The fourth-order valence-corrected chi connectivity index (χ4v) is 8.11. The van der Waals surface area contributed by atoms with Crippen LogP contribution in [-0.2, 0) is 4.79 Å². The predicted molar refractivity (Wildman–Crippen MR) is 165 cm³/mol. The Labute approximate surface area is 249 Å². The molecule has 2 aromatic heterocycles. The second-order valence-corrected chi connectivity index (χ2v) is 12.5. The second kappa shape index (κ2) is 9.92. The molecule has 0 radical (unpaired) electrons. The molecule has 4 saturated heterocycles. The van der Waals surface area contributed by atoms with Gasteiger partial charge in [0.15, 0.2) is 5.65 Å². The molecule has 6 heterocycles. The van der Waals surface area contributed by atoms with Gasteiger partial charge in [0.25, 0.3) is 0 Å². The molecule has 2 aromatic carbocycles. The molecule has 0 bridgehead atoms. The smallest absolute Gasteiger partial charge is 0.320 e. The highest BCUT2D eigenvalue weighted by molar-refractivity contribution is 6.36. The Morgan fingerprint density at radius 3 is 2.64 bits per heavy atom. The van der Waals surface area contributed by atoms with Crippen LogP contribution in [0.2, 0.25) is 5.02 Å². The number of ether oxygens (including phenoxy) is 1. The topological polar surface area (TPSA) is 74.7 Å². The van der Waals surface area contributed by atoms with E-state index in [-0.39, 0.29) is 23.5 Å². The van der Waals surface area contributed by atoms with Crippen LogP contribution >= 0.6 is 11.6 Å². The average molecular weight is 581 g/mol. The normalized spacial score (nSPS) is 22.8. The molecule has 214 valence electrons. The van der Waals surface area contributed by atoms with Crippen LogP contribution < -0.4 is 9.64 Å². The van der Waals surface area contributed by atoms with Crippen LogP contribution in [0, 0.1) is 0 Å². The summed E-state index contributed by atoms with van der Waals surface area (Å²) in [6.45, 7) is 8.00. The summed E-state index contributed by atoms with van der Waals surface area (Å²) in [4.78, 5) is 34.2. The lowest BCUT2D eigenvalue weighted by Crippen LogP contribution is -2.63. The zero-order valence-electron chi connectivity index (χ0n) is 23.5. The number of nitrogens with zero attached hydrogens (tertiary/aromatic N) is 6. The molecule has 1 amide bonds. The molecule has 0 N–H and O–H groups in total. The van der Waals surface area contributed by atoms with Gasteiger partial charge in [-0.2, -0.15) is 9.97 Å². The monoisotopic (exact) mass is 580 g/mol. The van der Waals surface area contributed by atoms with E-state index in [0.29, 0.717) is 29.8 Å². The number of anilines is 1. The predicted octanol–water partition coefficient (Wildman–Crippen LogP) is 5.48. The molecule has 4 fully saturated rings. The maximum absolute atomic E-state index is 12.4. The molecule has 0 aliphatic carbocycles. The standard InChI is InChI=1S/C33H33ClN6O2/c1-2-28(41)39-18-13-26-27(39)19-40(26)31-23-11-12-25(22-9-3-7-21-8-4-10-24(34)29(21)22)35-30(23)36-32(37-31)42-20-33-14-5-16-38(33)17-6-15-33/h2-4,7-12,26-27H,1,5-6,13-20H2. The first-order chi connectivity index (χ1) is 20.5. The second-order valence-electron chi connectivity index (χ2n) is 12.1. The number of rotatable bonds is 6. The van der Waals surface area contributed by atoms with Crippen LogP contribution in [0.15, 0.2) is 61.2 Å². The van der Waals surface area contributed by atoms with Crippen molar-refractivity contribution >= 4 is 45.1 Å². The number of pyridine rings is 1. The fraction of sp³-hybridized carbons (Fsp3) is 0.394. The lowest BCUT2D eigenvalue weighted by Gasteiger charge is -2.47. The molecule has 4 aromatic rings. The van der Waals surface area contributed by atoms with Crippen molar-refractivity contribution in [2.24, 2.45) is 0 Å². The van der Waals surface area contributed by atoms with Crippen molar-refractivity contribution in [3.8, 4) is 17.3 Å². The summed E-state index contributed by atoms with van der Waals surface area (Å²) in [7, 11) is 0. The minimum atomic E-state index is -0.00397. The number of likely N-dealkylation sites (tertiary alicyclic amines) is 1. The Hall–Kier alpha value is -3.75. The van der Waals surface area contributed by atoms with E-state index >= 15 is 0 Å². The average Bonchev–Trinajstić information content (AvgIpc) is 3.68. The van der Waals surface area contributed by atoms with Gasteiger partial charge in [0.2, 0.25) is 5.91 Å². The van der Waals surface area contributed by atoms with E-state index < -0.39 is 0 Å². The largest absolute Gasteiger partial charge is 0.461 e. The van der Waals surface area contributed by atoms with Crippen molar-refractivity contribution in [2.75, 3.05) is 37.7 Å². The van der Waals surface area contributed by atoms with Gasteiger partial charge < -0.3 is 14.5 Å². The number of amides is 1. The quantitative estimate of drug-likeness (QED) is 0.280. The summed E-state index contributed by atoms with van der Waals surface area (Å²) in [5, 5.41) is 3.62. The molecule has 8 rings (SSSR count). The summed E-state index contributed by atoms with van der Waals surface area (Å²) in [5.74, 6) is 0.821. The van der Waals surface area contributed by atoms with Crippen molar-refractivity contribution in [3.05, 3.63) is 66.2 Å². The molecular formula is C33H33ClN6O2. The number of carbonyl (C=O) groups is 1. The number of halogens is 1. The Morgan fingerprint density at radius 2 is 1.83 bits per heavy atom. The molecular weight excluding hydrogens is 548 g/mol. The van der Waals surface area contributed by atoms with E-state index in [1.165, 1.54) is 18.9 Å². The third-order valence-corrected chi connectivity index (χ3v) is 10.3. The molecule has 42 heavy (non-hydrogen) atoms. The van der Waals surface area contributed by atoms with Crippen molar-refractivity contribution in [1.82, 2.24) is 24.8 Å². The Morgan fingerprint density at radius 1 is 1.02 bits per heavy atom. The van der Waals surface area contributed by atoms with Crippen LogP contribution in [0.25, 0.3) is 33.1 Å². The Kier molecular flexibility index (Phi) is 6.12. The maximum atomic E-state index is 12.4. The molecule has 4 aliphatic rings. The molecule has 8 nitrogen and oxygen atoms in total. The van der Waals surface area contributed by atoms with E-state index in [1.54, 1.807) is 0 Å². The third-order valence-electron chi connectivity index (χ3n) is 9.95. The van der Waals surface area contributed by atoms with Gasteiger partial charge in [0.05, 0.1) is 28.7 Å². The van der Waals surface area contributed by atoms with Gasteiger partial charge in [-0.15, -0.1) is 0 Å². The van der Waals surface area contributed by atoms with Gasteiger partial charge in [-0.05, 0) is 74.9 Å². The van der Waals surface area contributed by atoms with Gasteiger partial charge in [-0.1, -0.05) is 48.5 Å². The lowest BCUT2D eigenvalue weighted by molar-refractivity contribution is -0.127. The van der Waals surface area contributed by atoms with E-state index in [0.717, 1.165) is 72.1 Å². The highest BCUT2D eigenvalue weighted by Gasteiger charge is 2.49.